The molecule has 0 aliphatic heterocycles. The summed E-state index contributed by atoms with van der Waals surface area (Å²) in [6.07, 6.45) is 0. The van der Waals surface area contributed by atoms with E-state index < -0.39 is 51.1 Å². The summed E-state index contributed by atoms with van der Waals surface area (Å²) in [7, 11) is -13.5. The third-order valence-corrected chi connectivity index (χ3v) is 6.51. The van der Waals surface area contributed by atoms with Crippen LogP contribution in [0.2, 0.25) is 0 Å². The monoisotopic (exact) mass is 470 g/mol. The second-order valence-corrected chi connectivity index (χ2v) is 9.97. The molecule has 0 saturated heterocycles. The number of benzene rings is 1. The van der Waals surface area contributed by atoms with Crippen molar-refractivity contribution in [3.05, 3.63) is 29.8 Å². The maximum absolute atomic E-state index is 13.6. The van der Waals surface area contributed by atoms with Crippen molar-refractivity contribution < 1.29 is 52.0 Å². The summed E-state index contributed by atoms with van der Waals surface area (Å²) < 4.78 is 151. The molecule has 0 aliphatic rings. The average molecular weight is 471 g/mol. The van der Waals surface area contributed by atoms with Crippen LogP contribution < -0.4 is 0 Å². The zero-order valence-electron chi connectivity index (χ0n) is 10.6. The largest absolute Gasteiger partial charge is 0.424 e. The van der Waals surface area contributed by atoms with Gasteiger partial charge < -0.3 is 0 Å². The number of rotatable bonds is 5. The summed E-state index contributed by atoms with van der Waals surface area (Å²) in [6.45, 7) is 0. The number of hydrogen-bond acceptors (Lipinski definition) is 4. The first-order valence-corrected chi connectivity index (χ1v) is 10.00. The maximum Gasteiger partial charge on any atom is 0.424 e. The Morgan fingerprint density at radius 1 is 0.792 bits per heavy atom. The molecule has 0 aliphatic carbocycles. The van der Waals surface area contributed by atoms with E-state index in [1.54, 1.807) is 0 Å². The van der Waals surface area contributed by atoms with E-state index in [9.17, 15) is 52.0 Å². The lowest BCUT2D eigenvalue weighted by Crippen LogP contribution is -2.59. The number of halogens is 9. The third-order valence-electron chi connectivity index (χ3n) is 2.56. The molecule has 0 radical (unpaired) electrons. The summed E-state index contributed by atoms with van der Waals surface area (Å²) >= 11 is 1.05. The van der Waals surface area contributed by atoms with Gasteiger partial charge in [-0.2, -0.15) is 26.3 Å². The molecular formula is C9H3BrF8O4S2. The molecule has 24 heavy (non-hydrogen) atoms. The minimum atomic E-state index is -7.10. The quantitative estimate of drug-likeness (QED) is 0.489. The highest BCUT2D eigenvalue weighted by molar-refractivity contribution is 9.47. The van der Waals surface area contributed by atoms with Crippen molar-refractivity contribution in [2.75, 3.05) is 0 Å². The van der Waals surface area contributed by atoms with Gasteiger partial charge in [-0.1, -0.05) is 6.07 Å². The molecule has 1 aromatic rings. The van der Waals surface area contributed by atoms with Crippen LogP contribution in [0.15, 0.2) is 23.1 Å². The minimum absolute atomic E-state index is 0.0869. The van der Waals surface area contributed by atoms with Crippen LogP contribution in [-0.4, -0.2) is 33.3 Å². The predicted molar refractivity (Wildman–Crippen MR) is 66.2 cm³/mol. The zero-order chi connectivity index (χ0) is 19.4. The van der Waals surface area contributed by atoms with Crippen molar-refractivity contribution >= 4 is 32.9 Å². The van der Waals surface area contributed by atoms with E-state index in [1.807, 2.05) is 0 Å². The summed E-state index contributed by atoms with van der Waals surface area (Å²) in [6, 6.07) is 0.657. The van der Waals surface area contributed by atoms with Crippen molar-refractivity contribution in [3.63, 3.8) is 0 Å². The molecule has 1 aromatic carbocycles. The van der Waals surface area contributed by atoms with Gasteiger partial charge in [-0.25, -0.2) is 25.6 Å². The van der Waals surface area contributed by atoms with Gasteiger partial charge in [0.05, 0.1) is 14.8 Å². The Morgan fingerprint density at radius 3 is 1.50 bits per heavy atom. The number of sulfone groups is 1. The molecular weight excluding hydrogens is 468 g/mol. The SMILES string of the molecule is O=S(=O)(Br)C(F)(F)C(F)(F)C(F)(F)S(=O)(=O)c1c(F)cccc1F. The van der Waals surface area contributed by atoms with E-state index in [-0.39, 0.29) is 12.1 Å². The number of hydrogen-bond donors (Lipinski definition) is 0. The second kappa shape index (κ2) is 5.79. The number of alkyl halides is 6. The first-order valence-electron chi connectivity index (χ1n) is 5.19. The van der Waals surface area contributed by atoms with E-state index in [2.05, 4.69) is 0 Å². The van der Waals surface area contributed by atoms with Crippen molar-refractivity contribution in [2.24, 2.45) is 0 Å². The van der Waals surface area contributed by atoms with Crippen LogP contribution in [0, 0.1) is 11.6 Å². The van der Waals surface area contributed by atoms with Crippen LogP contribution in [0.1, 0.15) is 0 Å². The average Bonchev–Trinajstić information content (AvgIpc) is 2.36. The fraction of sp³-hybridized carbons (Fsp3) is 0.333. The molecule has 0 heterocycles. The fourth-order valence-corrected chi connectivity index (χ4v) is 3.84. The standard InChI is InChI=1S/C9H3BrF8O4S2/c10-24(21,22)9(17,18)7(13,14)8(15,16)23(19,20)6-4(11)2-1-3-5(6)12/h1-3H. The van der Waals surface area contributed by atoms with Gasteiger partial charge in [0, 0.05) is 0 Å². The molecule has 0 bridgehead atoms. The van der Waals surface area contributed by atoms with Gasteiger partial charge in [-0.05, 0) is 12.1 Å². The Balaban J connectivity index is 3.76. The van der Waals surface area contributed by atoms with E-state index in [0.717, 1.165) is 14.8 Å². The molecule has 138 valence electrons. The summed E-state index contributed by atoms with van der Waals surface area (Å²) in [5, 5.41) is -13.5. The predicted octanol–water partition coefficient (Wildman–Crippen LogP) is 3.28. The van der Waals surface area contributed by atoms with Crippen molar-refractivity contribution in [1.82, 2.24) is 0 Å². The summed E-state index contributed by atoms with van der Waals surface area (Å²) in [5.74, 6) is -11.6. The van der Waals surface area contributed by atoms with Gasteiger partial charge in [-0.3, -0.25) is 0 Å². The van der Waals surface area contributed by atoms with Crippen LogP contribution in [0.4, 0.5) is 35.1 Å². The third kappa shape index (κ3) is 2.79. The molecule has 0 saturated carbocycles. The highest BCUT2D eigenvalue weighted by Gasteiger charge is 2.82. The summed E-state index contributed by atoms with van der Waals surface area (Å²) in [4.78, 5) is -2.61. The fourth-order valence-electron chi connectivity index (χ4n) is 1.36. The van der Waals surface area contributed by atoms with Gasteiger partial charge in [0.15, 0.2) is 0 Å². The lowest BCUT2D eigenvalue weighted by atomic mass is 10.3. The van der Waals surface area contributed by atoms with Crippen molar-refractivity contribution in [1.29, 1.82) is 0 Å². The van der Waals surface area contributed by atoms with Crippen molar-refractivity contribution in [3.8, 4) is 0 Å². The normalized spacial score (nSPS) is 14.7. The molecule has 0 unspecified atom stereocenters. The molecule has 4 nitrogen and oxygen atoms in total. The van der Waals surface area contributed by atoms with Gasteiger partial charge in [0.1, 0.15) is 16.5 Å². The molecule has 0 N–H and O–H groups in total. The Hall–Kier alpha value is -0.960. The van der Waals surface area contributed by atoms with Gasteiger partial charge >= 0.3 is 16.4 Å². The molecule has 0 aromatic heterocycles. The first kappa shape index (κ1) is 21.1. The first-order chi connectivity index (χ1) is 10.4. The van der Waals surface area contributed by atoms with Crippen LogP contribution >= 0.6 is 14.8 Å². The summed E-state index contributed by atoms with van der Waals surface area (Å²) in [5.41, 5.74) is 0. The van der Waals surface area contributed by atoms with E-state index >= 15 is 0 Å². The Labute approximate surface area is 136 Å². The molecule has 0 spiro atoms. The van der Waals surface area contributed by atoms with Crippen molar-refractivity contribution in [2.45, 2.75) is 21.3 Å². The maximum atomic E-state index is 13.6. The highest BCUT2D eigenvalue weighted by Crippen LogP contribution is 2.53. The van der Waals surface area contributed by atoms with Gasteiger partial charge in [-0.15, -0.1) is 0 Å². The molecule has 1 rings (SSSR count). The lowest BCUT2D eigenvalue weighted by molar-refractivity contribution is -0.242. The van der Waals surface area contributed by atoms with E-state index in [4.69, 9.17) is 0 Å². The van der Waals surface area contributed by atoms with Gasteiger partial charge in [0.25, 0.3) is 18.1 Å². The van der Waals surface area contributed by atoms with E-state index in [0.29, 0.717) is 6.07 Å². The van der Waals surface area contributed by atoms with Crippen LogP contribution in [0.5, 0.6) is 0 Å². The Kier molecular flexibility index (Phi) is 5.09. The van der Waals surface area contributed by atoms with Crippen LogP contribution in [0.25, 0.3) is 0 Å². The topological polar surface area (TPSA) is 68.3 Å². The molecule has 15 heteroatoms. The lowest BCUT2D eigenvalue weighted by Gasteiger charge is -2.30. The zero-order valence-corrected chi connectivity index (χ0v) is 13.8. The second-order valence-electron chi connectivity index (χ2n) is 4.10. The Morgan fingerprint density at radius 2 is 1.17 bits per heavy atom. The highest BCUT2D eigenvalue weighted by atomic mass is 79.9. The smallest absolute Gasteiger partial charge is 0.217 e. The van der Waals surface area contributed by atoms with Crippen LogP contribution in [-0.2, 0) is 18.1 Å². The molecule has 0 fully saturated rings. The van der Waals surface area contributed by atoms with Gasteiger partial charge in [0.2, 0.25) is 0 Å². The molecule has 0 amide bonds. The van der Waals surface area contributed by atoms with E-state index in [1.165, 1.54) is 0 Å². The Bertz CT molecular complexity index is 845. The minimum Gasteiger partial charge on any atom is -0.217 e. The molecule has 0 atom stereocenters. The van der Waals surface area contributed by atoms with Crippen LogP contribution in [0.3, 0.4) is 0 Å².